The van der Waals surface area contributed by atoms with Crippen molar-refractivity contribution < 1.29 is 22.7 Å². The van der Waals surface area contributed by atoms with Gasteiger partial charge in [-0.25, -0.2) is 13.2 Å². The molecule has 2 aromatic carbocycles. The van der Waals surface area contributed by atoms with Gasteiger partial charge in [0.1, 0.15) is 11.6 Å². The predicted octanol–water partition coefficient (Wildman–Crippen LogP) is 3.34. The van der Waals surface area contributed by atoms with Gasteiger partial charge in [-0.2, -0.15) is 0 Å². The van der Waals surface area contributed by atoms with Crippen molar-refractivity contribution in [2.24, 2.45) is 0 Å². The second-order valence-electron chi connectivity index (χ2n) is 3.80. The van der Waals surface area contributed by atoms with Gasteiger partial charge in [-0.3, -0.25) is 4.79 Å². The summed E-state index contributed by atoms with van der Waals surface area (Å²) in [5.41, 5.74) is -0.128. The molecule has 2 aromatic rings. The van der Waals surface area contributed by atoms with E-state index in [0.29, 0.717) is 0 Å². The van der Waals surface area contributed by atoms with E-state index in [-0.39, 0.29) is 16.9 Å². The first kappa shape index (κ1) is 13.1. The standard InChI is InChI=1S/C14H9F3O2/c1-19-13-5-3-9(15)7-10(13)14(18)8-2-4-11(16)12(17)6-8/h2-7H,1H3. The molecule has 0 saturated carbocycles. The van der Waals surface area contributed by atoms with E-state index in [1.54, 1.807) is 0 Å². The molecule has 5 heteroatoms. The van der Waals surface area contributed by atoms with Crippen LogP contribution in [0.1, 0.15) is 15.9 Å². The highest BCUT2D eigenvalue weighted by Crippen LogP contribution is 2.23. The van der Waals surface area contributed by atoms with Gasteiger partial charge in [0.05, 0.1) is 12.7 Å². The quantitative estimate of drug-likeness (QED) is 0.796. The Balaban J connectivity index is 2.49. The van der Waals surface area contributed by atoms with Crippen molar-refractivity contribution in [2.45, 2.75) is 0 Å². The van der Waals surface area contributed by atoms with E-state index in [1.807, 2.05) is 0 Å². The molecule has 2 nitrogen and oxygen atoms in total. The highest BCUT2D eigenvalue weighted by atomic mass is 19.2. The fraction of sp³-hybridized carbons (Fsp3) is 0.0714. The van der Waals surface area contributed by atoms with E-state index in [0.717, 1.165) is 30.3 Å². The monoisotopic (exact) mass is 266 g/mol. The van der Waals surface area contributed by atoms with Crippen molar-refractivity contribution in [2.75, 3.05) is 7.11 Å². The van der Waals surface area contributed by atoms with E-state index in [2.05, 4.69) is 0 Å². The SMILES string of the molecule is COc1ccc(F)cc1C(=O)c1ccc(F)c(F)c1. The van der Waals surface area contributed by atoms with Crippen molar-refractivity contribution in [3.8, 4) is 5.75 Å². The van der Waals surface area contributed by atoms with Gasteiger partial charge in [0.15, 0.2) is 17.4 Å². The molecule has 2 rings (SSSR count). The number of hydrogen-bond donors (Lipinski definition) is 0. The average Bonchev–Trinajstić information content (AvgIpc) is 2.41. The van der Waals surface area contributed by atoms with Crippen LogP contribution >= 0.6 is 0 Å². The summed E-state index contributed by atoms with van der Waals surface area (Å²) in [5, 5.41) is 0. The predicted molar refractivity (Wildman–Crippen MR) is 62.7 cm³/mol. The van der Waals surface area contributed by atoms with Gasteiger partial charge in [0.25, 0.3) is 0 Å². The molecule has 0 heterocycles. The lowest BCUT2D eigenvalue weighted by atomic mass is 10.0. The number of benzene rings is 2. The molecule has 0 bridgehead atoms. The van der Waals surface area contributed by atoms with Crippen LogP contribution in [0.3, 0.4) is 0 Å². The summed E-state index contributed by atoms with van der Waals surface area (Å²) in [4.78, 5) is 12.1. The van der Waals surface area contributed by atoms with Gasteiger partial charge in [-0.15, -0.1) is 0 Å². The third kappa shape index (κ3) is 2.59. The summed E-state index contributed by atoms with van der Waals surface area (Å²) in [6.07, 6.45) is 0. The Hall–Kier alpha value is -2.30. The maximum absolute atomic E-state index is 13.2. The van der Waals surface area contributed by atoms with Crippen LogP contribution in [0.2, 0.25) is 0 Å². The lowest BCUT2D eigenvalue weighted by Crippen LogP contribution is -2.05. The molecule has 0 aromatic heterocycles. The largest absolute Gasteiger partial charge is 0.496 e. The summed E-state index contributed by atoms with van der Waals surface area (Å²) in [6.45, 7) is 0. The van der Waals surface area contributed by atoms with Crippen molar-refractivity contribution in [3.05, 3.63) is 65.0 Å². The van der Waals surface area contributed by atoms with Crippen molar-refractivity contribution >= 4 is 5.78 Å². The van der Waals surface area contributed by atoms with Crippen molar-refractivity contribution in [1.29, 1.82) is 0 Å². The van der Waals surface area contributed by atoms with E-state index >= 15 is 0 Å². The molecule has 0 fully saturated rings. The van der Waals surface area contributed by atoms with Crippen LogP contribution in [0.4, 0.5) is 13.2 Å². The van der Waals surface area contributed by atoms with Crippen molar-refractivity contribution in [3.63, 3.8) is 0 Å². The van der Waals surface area contributed by atoms with Gasteiger partial charge in [-0.05, 0) is 36.4 Å². The summed E-state index contributed by atoms with van der Waals surface area (Å²) < 4.78 is 44.0. The number of ether oxygens (including phenoxy) is 1. The molecule has 19 heavy (non-hydrogen) atoms. The number of ketones is 1. The van der Waals surface area contributed by atoms with Gasteiger partial charge >= 0.3 is 0 Å². The topological polar surface area (TPSA) is 26.3 Å². The van der Waals surface area contributed by atoms with Crippen LogP contribution in [0, 0.1) is 17.5 Å². The first-order valence-electron chi connectivity index (χ1n) is 5.36. The molecule has 0 unspecified atom stereocenters. The fourth-order valence-corrected chi connectivity index (χ4v) is 1.65. The van der Waals surface area contributed by atoms with Gasteiger partial charge in [0.2, 0.25) is 0 Å². The zero-order valence-electron chi connectivity index (χ0n) is 9.91. The first-order chi connectivity index (χ1) is 9.02. The molecular weight excluding hydrogens is 257 g/mol. The fourth-order valence-electron chi connectivity index (χ4n) is 1.65. The summed E-state index contributed by atoms with van der Waals surface area (Å²) in [7, 11) is 1.33. The van der Waals surface area contributed by atoms with Gasteiger partial charge in [0, 0.05) is 5.56 Å². The number of carbonyl (C=O) groups is 1. The van der Waals surface area contributed by atoms with Crippen LogP contribution in [-0.2, 0) is 0 Å². The molecular formula is C14H9F3O2. The summed E-state index contributed by atoms with van der Waals surface area (Å²) >= 11 is 0. The van der Waals surface area contributed by atoms with Crippen LogP contribution in [0.25, 0.3) is 0 Å². The lowest BCUT2D eigenvalue weighted by Gasteiger charge is -2.08. The summed E-state index contributed by atoms with van der Waals surface area (Å²) in [5.74, 6) is -3.29. The van der Waals surface area contributed by atoms with Crippen molar-refractivity contribution in [1.82, 2.24) is 0 Å². The van der Waals surface area contributed by atoms with Crippen LogP contribution in [-0.4, -0.2) is 12.9 Å². The maximum Gasteiger partial charge on any atom is 0.196 e. The first-order valence-corrected chi connectivity index (χ1v) is 5.36. The Kier molecular flexibility index (Phi) is 3.55. The minimum absolute atomic E-state index is 0.0477. The Morgan fingerprint density at radius 1 is 1.00 bits per heavy atom. The Labute approximate surface area is 107 Å². The molecule has 0 amide bonds. The van der Waals surface area contributed by atoms with Crippen LogP contribution in [0.5, 0.6) is 5.75 Å². The van der Waals surface area contributed by atoms with E-state index in [9.17, 15) is 18.0 Å². The Morgan fingerprint density at radius 3 is 2.37 bits per heavy atom. The molecule has 0 spiro atoms. The minimum atomic E-state index is -1.14. The van der Waals surface area contributed by atoms with E-state index < -0.39 is 23.2 Å². The zero-order chi connectivity index (χ0) is 14.0. The second kappa shape index (κ2) is 5.14. The third-order valence-corrected chi connectivity index (χ3v) is 2.59. The normalized spacial score (nSPS) is 10.3. The lowest BCUT2D eigenvalue weighted by molar-refractivity contribution is 0.103. The minimum Gasteiger partial charge on any atom is -0.496 e. The average molecular weight is 266 g/mol. The number of carbonyl (C=O) groups excluding carboxylic acids is 1. The number of hydrogen-bond acceptors (Lipinski definition) is 2. The molecule has 0 N–H and O–H groups in total. The molecule has 0 atom stereocenters. The summed E-state index contributed by atoms with van der Waals surface area (Å²) in [6, 6.07) is 6.16. The van der Waals surface area contributed by atoms with Crippen LogP contribution < -0.4 is 4.74 Å². The number of rotatable bonds is 3. The number of methoxy groups -OCH3 is 1. The van der Waals surface area contributed by atoms with E-state index in [4.69, 9.17) is 4.74 Å². The second-order valence-corrected chi connectivity index (χ2v) is 3.80. The smallest absolute Gasteiger partial charge is 0.196 e. The zero-order valence-corrected chi connectivity index (χ0v) is 9.91. The molecule has 0 aliphatic heterocycles. The third-order valence-electron chi connectivity index (χ3n) is 2.59. The highest BCUT2D eigenvalue weighted by Gasteiger charge is 2.17. The molecule has 98 valence electrons. The van der Waals surface area contributed by atoms with E-state index in [1.165, 1.54) is 13.2 Å². The van der Waals surface area contributed by atoms with Gasteiger partial charge < -0.3 is 4.74 Å². The maximum atomic E-state index is 13.2. The Bertz CT molecular complexity index is 639. The number of halogens is 3. The molecule has 0 saturated heterocycles. The Morgan fingerprint density at radius 2 is 1.74 bits per heavy atom. The molecule has 0 aliphatic carbocycles. The molecule has 0 aliphatic rings. The molecule has 0 radical (unpaired) electrons. The van der Waals surface area contributed by atoms with Crippen LogP contribution in [0.15, 0.2) is 36.4 Å². The highest BCUT2D eigenvalue weighted by molar-refractivity contribution is 6.10. The van der Waals surface area contributed by atoms with Gasteiger partial charge in [-0.1, -0.05) is 0 Å².